The molecule has 0 saturated carbocycles. The normalized spacial score (nSPS) is 17.4. The molecule has 1 spiro atoms. The molecular weight excluding hydrogens is 348 g/mol. The van der Waals surface area contributed by atoms with Crippen molar-refractivity contribution in [2.45, 2.75) is 5.41 Å². The molecule has 3 rings (SSSR count). The zero-order chi connectivity index (χ0) is 21.0. The summed E-state index contributed by atoms with van der Waals surface area (Å²) < 4.78 is 0. The molecule has 0 nitrogen and oxygen atoms in total. The summed E-state index contributed by atoms with van der Waals surface area (Å²) in [6.45, 7) is 24.2. The smallest absolute Gasteiger partial charge is 0.0725 e. The predicted molar refractivity (Wildman–Crippen MR) is 129 cm³/mol. The minimum Gasteiger partial charge on any atom is -0.0991 e. The van der Waals surface area contributed by atoms with Gasteiger partial charge in [-0.25, -0.2) is 0 Å². The lowest BCUT2D eigenvalue weighted by Gasteiger charge is -2.33. The monoisotopic (exact) mass is 374 g/mol. The first kappa shape index (κ1) is 20.1. The largest absolute Gasteiger partial charge is 0.0991 e. The van der Waals surface area contributed by atoms with E-state index in [0.717, 1.165) is 33.4 Å². The second-order valence-corrected chi connectivity index (χ2v) is 6.78. The minimum absolute atomic E-state index is 0.520. The van der Waals surface area contributed by atoms with Crippen molar-refractivity contribution in [3.05, 3.63) is 163 Å². The Labute approximate surface area is 174 Å². The highest BCUT2D eigenvalue weighted by molar-refractivity contribution is 5.94. The van der Waals surface area contributed by atoms with Crippen LogP contribution in [0.3, 0.4) is 0 Å². The van der Waals surface area contributed by atoms with Crippen LogP contribution in [0.15, 0.2) is 152 Å². The summed E-state index contributed by atoms with van der Waals surface area (Å²) in [7, 11) is 0. The van der Waals surface area contributed by atoms with Crippen molar-refractivity contribution in [1.82, 2.24) is 0 Å². The molecule has 0 N–H and O–H groups in total. The van der Waals surface area contributed by atoms with Crippen LogP contribution in [0.4, 0.5) is 0 Å². The van der Waals surface area contributed by atoms with Gasteiger partial charge in [-0.05, 0) is 44.6 Å². The van der Waals surface area contributed by atoms with Gasteiger partial charge in [-0.2, -0.15) is 0 Å². The average molecular weight is 375 g/mol. The summed E-state index contributed by atoms with van der Waals surface area (Å²) in [6, 6.07) is 8.47. The van der Waals surface area contributed by atoms with Crippen LogP contribution in [0.5, 0.6) is 0 Å². The molecule has 1 aromatic carbocycles. The Hall–Kier alpha value is -3.64. The van der Waals surface area contributed by atoms with Gasteiger partial charge in [0.25, 0.3) is 0 Å². The van der Waals surface area contributed by atoms with Gasteiger partial charge in [0.05, 0.1) is 5.41 Å². The molecule has 2 aliphatic rings. The fourth-order valence-electron chi connectivity index (χ4n) is 4.64. The molecule has 0 heteroatoms. The molecule has 0 unspecified atom stereocenters. The van der Waals surface area contributed by atoms with Crippen molar-refractivity contribution in [2.75, 3.05) is 0 Å². The zero-order valence-corrected chi connectivity index (χ0v) is 16.8. The number of hydrogen-bond acceptors (Lipinski definition) is 0. The van der Waals surface area contributed by atoms with E-state index in [9.17, 15) is 0 Å². The number of rotatable bonds is 8. The Kier molecular flexibility index (Phi) is 5.66. The molecule has 0 bridgehead atoms. The fourth-order valence-corrected chi connectivity index (χ4v) is 4.64. The Morgan fingerprint density at radius 1 is 0.586 bits per heavy atom. The Morgan fingerprint density at radius 2 is 1.10 bits per heavy atom. The van der Waals surface area contributed by atoms with Crippen molar-refractivity contribution < 1.29 is 0 Å². The Balaban J connectivity index is 2.61. The molecule has 0 atom stereocenters. The summed E-state index contributed by atoms with van der Waals surface area (Å²) in [5, 5.41) is 0. The van der Waals surface area contributed by atoms with Gasteiger partial charge in [-0.3, -0.25) is 0 Å². The van der Waals surface area contributed by atoms with Gasteiger partial charge in [0.15, 0.2) is 0 Å². The van der Waals surface area contributed by atoms with Crippen LogP contribution in [0, 0.1) is 0 Å². The maximum absolute atomic E-state index is 4.18. The van der Waals surface area contributed by atoms with Crippen LogP contribution in [-0.4, -0.2) is 0 Å². The topological polar surface area (TPSA) is 0 Å². The standard InChI is InChI=1S/C29H26/c1-7-13-18-26-21(9-3)22(10-4)27(19-14-8-2)29(26)25(12-6)23(11-5)24-17-15-16-20-28(24)29/h7-20H,1-6H2/b18-13-,19-14-. The molecule has 29 heavy (non-hydrogen) atoms. The number of benzene rings is 1. The fraction of sp³-hybridized carbons (Fsp3) is 0.0345. The third-order valence-electron chi connectivity index (χ3n) is 5.61. The van der Waals surface area contributed by atoms with E-state index in [2.05, 4.69) is 75.9 Å². The summed E-state index contributed by atoms with van der Waals surface area (Å²) in [5.74, 6) is 0. The van der Waals surface area contributed by atoms with Crippen molar-refractivity contribution in [3.63, 3.8) is 0 Å². The average Bonchev–Trinajstić information content (AvgIpc) is 3.19. The van der Waals surface area contributed by atoms with Gasteiger partial charge < -0.3 is 0 Å². The molecule has 0 amide bonds. The van der Waals surface area contributed by atoms with Gasteiger partial charge in [-0.1, -0.05) is 124 Å². The molecule has 142 valence electrons. The molecule has 0 heterocycles. The third-order valence-corrected chi connectivity index (χ3v) is 5.61. The van der Waals surface area contributed by atoms with Crippen molar-refractivity contribution in [3.8, 4) is 0 Å². The molecule has 0 aliphatic heterocycles. The molecular formula is C29H26. The predicted octanol–water partition coefficient (Wildman–Crippen LogP) is 7.53. The maximum atomic E-state index is 4.18. The van der Waals surface area contributed by atoms with Crippen molar-refractivity contribution in [1.29, 1.82) is 0 Å². The summed E-state index contributed by atoms with van der Waals surface area (Å²) in [6.07, 6.45) is 19.5. The second-order valence-electron chi connectivity index (χ2n) is 6.78. The lowest BCUT2D eigenvalue weighted by Crippen LogP contribution is -2.28. The van der Waals surface area contributed by atoms with Crippen molar-refractivity contribution >= 4 is 5.57 Å². The zero-order valence-electron chi connectivity index (χ0n) is 16.8. The van der Waals surface area contributed by atoms with Gasteiger partial charge in [0, 0.05) is 0 Å². The highest BCUT2D eigenvalue weighted by atomic mass is 14.5. The van der Waals surface area contributed by atoms with Gasteiger partial charge in [0.2, 0.25) is 0 Å². The van der Waals surface area contributed by atoms with Crippen molar-refractivity contribution in [2.24, 2.45) is 0 Å². The Morgan fingerprint density at radius 3 is 1.55 bits per heavy atom. The highest BCUT2D eigenvalue weighted by Crippen LogP contribution is 2.61. The number of allylic oxidation sites excluding steroid dienone is 16. The van der Waals surface area contributed by atoms with Crippen LogP contribution in [-0.2, 0) is 5.41 Å². The lowest BCUT2D eigenvalue weighted by atomic mass is 9.67. The van der Waals surface area contributed by atoms with E-state index >= 15 is 0 Å². The van der Waals surface area contributed by atoms with E-state index < -0.39 is 5.41 Å². The summed E-state index contributed by atoms with van der Waals surface area (Å²) in [5.41, 5.74) is 8.43. The van der Waals surface area contributed by atoms with Gasteiger partial charge >= 0.3 is 0 Å². The SMILES string of the molecule is C=C/C=C\C1=C(C=C)C(C=C)=C(/C=C\C=C)C12C(C=C)=C(C=C)c1ccccc12. The number of fused-ring (bicyclic) bond motifs is 2. The van der Waals surface area contributed by atoms with Crippen LogP contribution >= 0.6 is 0 Å². The first-order valence-corrected chi connectivity index (χ1v) is 9.59. The lowest BCUT2D eigenvalue weighted by molar-refractivity contribution is 0.772. The van der Waals surface area contributed by atoms with E-state index in [0.29, 0.717) is 0 Å². The quantitative estimate of drug-likeness (QED) is 0.413. The second kappa shape index (κ2) is 8.16. The summed E-state index contributed by atoms with van der Waals surface area (Å²) in [4.78, 5) is 0. The summed E-state index contributed by atoms with van der Waals surface area (Å²) >= 11 is 0. The van der Waals surface area contributed by atoms with Crippen LogP contribution in [0.1, 0.15) is 11.1 Å². The van der Waals surface area contributed by atoms with E-state index in [1.807, 2.05) is 36.5 Å². The van der Waals surface area contributed by atoms with Gasteiger partial charge in [0.1, 0.15) is 0 Å². The molecule has 0 radical (unpaired) electrons. The van der Waals surface area contributed by atoms with Crippen LogP contribution < -0.4 is 0 Å². The van der Waals surface area contributed by atoms with E-state index in [-0.39, 0.29) is 0 Å². The molecule has 1 aromatic rings. The highest BCUT2D eigenvalue weighted by Gasteiger charge is 2.51. The maximum Gasteiger partial charge on any atom is 0.0725 e. The molecule has 0 aromatic heterocycles. The van der Waals surface area contributed by atoms with Gasteiger partial charge in [-0.15, -0.1) is 0 Å². The van der Waals surface area contributed by atoms with E-state index in [1.54, 1.807) is 12.2 Å². The first-order chi connectivity index (χ1) is 14.2. The van der Waals surface area contributed by atoms with Crippen LogP contribution in [0.25, 0.3) is 5.57 Å². The van der Waals surface area contributed by atoms with E-state index in [4.69, 9.17) is 0 Å². The molecule has 2 aliphatic carbocycles. The third kappa shape index (κ3) is 2.68. The molecule has 0 fully saturated rings. The first-order valence-electron chi connectivity index (χ1n) is 9.59. The Bertz CT molecular complexity index is 1040. The van der Waals surface area contributed by atoms with Crippen LogP contribution in [0.2, 0.25) is 0 Å². The minimum atomic E-state index is -0.520. The number of hydrogen-bond donors (Lipinski definition) is 0. The molecule has 0 saturated heterocycles. The van der Waals surface area contributed by atoms with E-state index in [1.165, 1.54) is 11.1 Å².